The van der Waals surface area contributed by atoms with Crippen LogP contribution in [-0.2, 0) is 12.0 Å². The zero-order chi connectivity index (χ0) is 26.7. The summed E-state index contributed by atoms with van der Waals surface area (Å²) < 4.78 is 1.50. The summed E-state index contributed by atoms with van der Waals surface area (Å²) >= 11 is 0. The number of carbonyl (C=O) groups is 1. The highest BCUT2D eigenvalue weighted by Crippen LogP contribution is 2.35. The third-order valence-electron chi connectivity index (χ3n) is 7.94. The highest BCUT2D eigenvalue weighted by atomic mass is 16.3. The Kier molecular flexibility index (Phi) is 7.24. The monoisotopic (exact) mass is 510 g/mol. The van der Waals surface area contributed by atoms with Crippen LogP contribution in [0.15, 0.2) is 53.6 Å². The van der Waals surface area contributed by atoms with E-state index < -0.39 is 23.0 Å². The van der Waals surface area contributed by atoms with Crippen LogP contribution in [0.2, 0.25) is 0 Å². The van der Waals surface area contributed by atoms with Gasteiger partial charge in [0.15, 0.2) is 0 Å². The van der Waals surface area contributed by atoms with Crippen LogP contribution >= 0.6 is 0 Å². The van der Waals surface area contributed by atoms with Gasteiger partial charge >= 0.3 is 0 Å². The molecule has 9 nitrogen and oxygen atoms in total. The lowest BCUT2D eigenvalue weighted by atomic mass is 9.76. The van der Waals surface area contributed by atoms with E-state index in [0.29, 0.717) is 56.6 Å². The number of pyridine rings is 3. The number of hydrogen-bond acceptors (Lipinski definition) is 7. The van der Waals surface area contributed by atoms with Crippen molar-refractivity contribution in [3.05, 3.63) is 81.5 Å². The molecule has 194 valence electrons. The van der Waals surface area contributed by atoms with Gasteiger partial charge in [0.25, 0.3) is 11.5 Å². The molecule has 0 radical (unpaired) electrons. The molecule has 1 saturated carbocycles. The van der Waals surface area contributed by atoms with E-state index in [0.717, 1.165) is 23.9 Å². The van der Waals surface area contributed by atoms with E-state index in [1.807, 2.05) is 12.1 Å². The van der Waals surface area contributed by atoms with Crippen molar-refractivity contribution < 1.29 is 9.90 Å². The second kappa shape index (κ2) is 10.7. The predicted molar refractivity (Wildman–Crippen MR) is 140 cm³/mol. The van der Waals surface area contributed by atoms with Crippen LogP contribution in [-0.4, -0.2) is 50.5 Å². The van der Waals surface area contributed by atoms with Crippen LogP contribution < -0.4 is 10.9 Å². The molecule has 1 saturated heterocycles. The van der Waals surface area contributed by atoms with Crippen molar-refractivity contribution in [3.63, 3.8) is 0 Å². The topological polar surface area (TPSA) is 135 Å². The van der Waals surface area contributed by atoms with Crippen LogP contribution in [0.5, 0.6) is 0 Å². The second-order valence-electron chi connectivity index (χ2n) is 10.3. The highest BCUT2D eigenvalue weighted by Gasteiger charge is 2.38. The lowest BCUT2D eigenvalue weighted by Gasteiger charge is -2.37. The zero-order valence-corrected chi connectivity index (χ0v) is 21.1. The number of nitriles is 2. The van der Waals surface area contributed by atoms with Crippen LogP contribution in [0.4, 0.5) is 0 Å². The van der Waals surface area contributed by atoms with Gasteiger partial charge in [0.1, 0.15) is 11.0 Å². The minimum atomic E-state index is -0.759. The predicted octanol–water partition coefficient (Wildman–Crippen LogP) is 2.66. The molecule has 1 aliphatic carbocycles. The van der Waals surface area contributed by atoms with E-state index in [1.54, 1.807) is 36.7 Å². The summed E-state index contributed by atoms with van der Waals surface area (Å²) in [4.78, 5) is 33.0. The molecule has 38 heavy (non-hydrogen) atoms. The van der Waals surface area contributed by atoms with E-state index in [2.05, 4.69) is 27.3 Å². The largest absolute Gasteiger partial charge is 0.391 e. The molecule has 1 aliphatic heterocycles. The van der Waals surface area contributed by atoms with Crippen molar-refractivity contribution in [3.8, 4) is 12.1 Å². The van der Waals surface area contributed by atoms with Crippen molar-refractivity contribution in [1.29, 1.82) is 10.5 Å². The Morgan fingerprint density at radius 3 is 2.68 bits per heavy atom. The van der Waals surface area contributed by atoms with E-state index in [9.17, 15) is 25.2 Å². The zero-order valence-electron chi connectivity index (χ0n) is 21.1. The molecule has 5 rings (SSSR count). The summed E-state index contributed by atoms with van der Waals surface area (Å²) in [5, 5.41) is 32.5. The fraction of sp³-hybridized carbons (Fsp3) is 0.414. The Morgan fingerprint density at radius 1 is 1.16 bits per heavy atom. The fourth-order valence-corrected chi connectivity index (χ4v) is 5.66. The molecule has 0 bridgehead atoms. The number of piperidine rings is 1. The Hall–Kier alpha value is -4.05. The fourth-order valence-electron chi connectivity index (χ4n) is 5.66. The van der Waals surface area contributed by atoms with Crippen molar-refractivity contribution in [2.75, 3.05) is 13.1 Å². The molecule has 3 aromatic rings. The first-order valence-electron chi connectivity index (χ1n) is 13.1. The van der Waals surface area contributed by atoms with E-state index in [-0.39, 0.29) is 11.6 Å². The van der Waals surface area contributed by atoms with Gasteiger partial charge in [-0.3, -0.25) is 23.9 Å². The third kappa shape index (κ3) is 4.91. The molecule has 0 spiro atoms. The van der Waals surface area contributed by atoms with Crippen molar-refractivity contribution in [2.24, 2.45) is 0 Å². The summed E-state index contributed by atoms with van der Waals surface area (Å²) in [6.07, 6.45) is 6.94. The molecule has 0 unspecified atom stereocenters. The Balaban J connectivity index is 1.39. The molecule has 9 heteroatoms. The number of amides is 1. The maximum Gasteiger partial charge on any atom is 0.267 e. The van der Waals surface area contributed by atoms with Crippen LogP contribution in [0.1, 0.15) is 65.7 Å². The maximum atomic E-state index is 13.2. The van der Waals surface area contributed by atoms with Gasteiger partial charge in [-0.15, -0.1) is 0 Å². The molecule has 3 aromatic heterocycles. The average Bonchev–Trinajstić information content (AvgIpc) is 2.96. The number of aliphatic hydroxyl groups excluding tert-OH is 1. The number of nitrogens with zero attached hydrogens (tertiary/aromatic N) is 5. The normalized spacial score (nSPS) is 21.3. The van der Waals surface area contributed by atoms with Crippen molar-refractivity contribution in [1.82, 2.24) is 19.6 Å². The summed E-state index contributed by atoms with van der Waals surface area (Å²) in [7, 11) is 0. The highest BCUT2D eigenvalue weighted by molar-refractivity contribution is 5.94. The smallest absolute Gasteiger partial charge is 0.267 e. The Labute approximate surface area is 221 Å². The van der Waals surface area contributed by atoms with E-state index in [4.69, 9.17) is 0 Å². The molecule has 2 aliphatic rings. The summed E-state index contributed by atoms with van der Waals surface area (Å²) in [5.74, 6) is -0.467. The first-order chi connectivity index (χ1) is 18.4. The number of fused-ring (bicyclic) bond motifs is 1. The lowest BCUT2D eigenvalue weighted by Crippen LogP contribution is -2.46. The van der Waals surface area contributed by atoms with Gasteiger partial charge < -0.3 is 10.4 Å². The van der Waals surface area contributed by atoms with Gasteiger partial charge in [0.05, 0.1) is 41.1 Å². The molecule has 1 amide bonds. The minimum Gasteiger partial charge on any atom is -0.391 e. The first-order valence-corrected chi connectivity index (χ1v) is 13.1. The van der Waals surface area contributed by atoms with Crippen molar-refractivity contribution >= 4 is 11.4 Å². The first kappa shape index (κ1) is 25.6. The Bertz CT molecular complexity index is 1490. The van der Waals surface area contributed by atoms with E-state index in [1.165, 1.54) is 4.40 Å². The van der Waals surface area contributed by atoms with Gasteiger partial charge in [-0.2, -0.15) is 10.5 Å². The van der Waals surface area contributed by atoms with Crippen molar-refractivity contribution in [2.45, 2.75) is 62.6 Å². The standard InChI is InChI=1S/C29H30N6O3/c30-17-20-8-11-32-26(15-20)29(19-31)9-13-34(14-10-29)18-21-16-22(28(38)35-12-4-3-6-24(21)35)27(37)33-23-5-1-2-7-25(23)36/h3-4,6,8,11-12,15-16,23,25,36H,1-2,5,7,9-10,13-14,18H2,(H,33,37)/t23-,25-/m0/s1. The number of carbonyl (C=O) groups excluding carboxylic acids is 1. The summed E-state index contributed by atoms with van der Waals surface area (Å²) in [6, 6.07) is 14.7. The molecular formula is C29H30N6O3. The number of rotatable bonds is 5. The number of aromatic nitrogens is 2. The van der Waals surface area contributed by atoms with Crippen LogP contribution in [0, 0.1) is 22.7 Å². The van der Waals surface area contributed by atoms with Gasteiger partial charge in [-0.05, 0) is 61.6 Å². The molecule has 4 heterocycles. The number of aliphatic hydroxyl groups is 1. The molecule has 2 atom stereocenters. The van der Waals surface area contributed by atoms with Crippen LogP contribution in [0.25, 0.3) is 5.52 Å². The molecule has 2 fully saturated rings. The average molecular weight is 511 g/mol. The van der Waals surface area contributed by atoms with Gasteiger partial charge in [0, 0.05) is 32.0 Å². The van der Waals surface area contributed by atoms with Gasteiger partial charge in [-0.1, -0.05) is 18.9 Å². The van der Waals surface area contributed by atoms with Crippen LogP contribution in [0.3, 0.4) is 0 Å². The Morgan fingerprint density at radius 2 is 1.95 bits per heavy atom. The number of likely N-dealkylation sites (tertiary alicyclic amines) is 1. The summed E-state index contributed by atoms with van der Waals surface area (Å²) in [6.45, 7) is 1.76. The lowest BCUT2D eigenvalue weighted by molar-refractivity contribution is 0.0716. The second-order valence-corrected chi connectivity index (χ2v) is 10.3. The number of hydrogen-bond donors (Lipinski definition) is 2. The quantitative estimate of drug-likeness (QED) is 0.539. The molecule has 2 N–H and O–H groups in total. The van der Waals surface area contributed by atoms with Gasteiger partial charge in [0.2, 0.25) is 0 Å². The SMILES string of the molecule is N#Cc1ccnc(C2(C#N)CCN(Cc3cc(C(=O)N[C@H]4CCCC[C@@H]4O)c(=O)n4ccccc34)CC2)c1. The maximum absolute atomic E-state index is 13.2. The third-order valence-corrected chi connectivity index (χ3v) is 7.94. The summed E-state index contributed by atoms with van der Waals surface area (Å²) in [5.41, 5.74) is 1.59. The molecule has 0 aromatic carbocycles. The number of nitrogens with one attached hydrogen (secondary N) is 1. The van der Waals surface area contributed by atoms with E-state index >= 15 is 0 Å². The molecular weight excluding hydrogens is 480 g/mol. The minimum absolute atomic E-state index is 0.0578. The van der Waals surface area contributed by atoms with Gasteiger partial charge in [-0.25, -0.2) is 0 Å².